The van der Waals surface area contributed by atoms with Crippen molar-refractivity contribution in [2.75, 3.05) is 13.1 Å². The van der Waals surface area contributed by atoms with Gasteiger partial charge in [0.2, 0.25) is 0 Å². The lowest BCUT2D eigenvalue weighted by atomic mass is 10.1. The monoisotopic (exact) mass is 300 g/mol. The van der Waals surface area contributed by atoms with Gasteiger partial charge in [0.1, 0.15) is 0 Å². The van der Waals surface area contributed by atoms with Gasteiger partial charge in [-0.2, -0.15) is 0 Å². The van der Waals surface area contributed by atoms with E-state index in [1.807, 2.05) is 0 Å². The molecule has 1 N–H and O–H groups in total. The maximum atomic E-state index is 4.68. The summed E-state index contributed by atoms with van der Waals surface area (Å²) in [7, 11) is 0. The van der Waals surface area contributed by atoms with Crippen LogP contribution in [0.25, 0.3) is 10.6 Å². The van der Waals surface area contributed by atoms with Crippen molar-refractivity contribution in [2.24, 2.45) is 0 Å². The van der Waals surface area contributed by atoms with Crippen molar-refractivity contribution in [1.82, 2.24) is 10.3 Å². The summed E-state index contributed by atoms with van der Waals surface area (Å²) in [5, 5.41) is 8.80. The van der Waals surface area contributed by atoms with E-state index in [0.29, 0.717) is 5.92 Å². The first-order valence-electron chi connectivity index (χ1n) is 4.73. The average Bonchev–Trinajstić information content (AvgIpc) is 2.70. The van der Waals surface area contributed by atoms with E-state index in [9.17, 15) is 0 Å². The van der Waals surface area contributed by atoms with Crippen molar-refractivity contribution in [3.8, 4) is 10.6 Å². The fourth-order valence-corrected chi connectivity index (χ4v) is 3.88. The first-order valence-corrected chi connectivity index (χ1v) is 7.29. The number of nitrogens with zero attached hydrogens (tertiary/aromatic N) is 1. The van der Waals surface area contributed by atoms with Crippen LogP contribution in [0.3, 0.4) is 0 Å². The molecule has 0 aliphatic carbocycles. The van der Waals surface area contributed by atoms with Crippen LogP contribution in [0.15, 0.2) is 21.3 Å². The van der Waals surface area contributed by atoms with Gasteiger partial charge in [-0.25, -0.2) is 4.98 Å². The molecule has 2 aromatic rings. The summed E-state index contributed by atoms with van der Waals surface area (Å²) in [6.07, 6.45) is 0. The normalized spacial score (nSPS) is 16.6. The Morgan fingerprint density at radius 3 is 2.80 bits per heavy atom. The summed E-state index contributed by atoms with van der Waals surface area (Å²) >= 11 is 6.98. The molecule has 0 atom stereocenters. The van der Waals surface area contributed by atoms with Crippen LogP contribution in [0.4, 0.5) is 0 Å². The lowest BCUT2D eigenvalue weighted by Gasteiger charge is -2.24. The van der Waals surface area contributed by atoms with Gasteiger partial charge in [-0.3, -0.25) is 0 Å². The van der Waals surface area contributed by atoms with Crippen LogP contribution in [0, 0.1) is 0 Å². The Kier molecular flexibility index (Phi) is 2.64. The predicted molar refractivity (Wildman–Crippen MR) is 68.7 cm³/mol. The zero-order chi connectivity index (χ0) is 10.3. The number of rotatable bonds is 2. The van der Waals surface area contributed by atoms with E-state index in [1.165, 1.54) is 9.88 Å². The Hall–Kier alpha value is -0.230. The van der Waals surface area contributed by atoms with Gasteiger partial charge >= 0.3 is 0 Å². The SMILES string of the molecule is Brc1csc(-c2csc(C3CNC3)n2)c1. The highest BCUT2D eigenvalue weighted by Gasteiger charge is 2.22. The van der Waals surface area contributed by atoms with Gasteiger partial charge in [0, 0.05) is 34.2 Å². The predicted octanol–water partition coefficient (Wildman–Crippen LogP) is 3.32. The molecule has 1 aliphatic heterocycles. The molecule has 78 valence electrons. The molecule has 5 heteroatoms. The van der Waals surface area contributed by atoms with Crippen molar-refractivity contribution in [3.63, 3.8) is 0 Å². The van der Waals surface area contributed by atoms with Gasteiger partial charge in [-0.15, -0.1) is 22.7 Å². The molecule has 2 nitrogen and oxygen atoms in total. The molecule has 0 amide bonds. The highest BCUT2D eigenvalue weighted by atomic mass is 79.9. The second-order valence-electron chi connectivity index (χ2n) is 3.56. The van der Waals surface area contributed by atoms with Crippen LogP contribution in [0.2, 0.25) is 0 Å². The lowest BCUT2D eigenvalue weighted by Crippen LogP contribution is -2.39. The second kappa shape index (κ2) is 3.97. The van der Waals surface area contributed by atoms with Crippen molar-refractivity contribution in [1.29, 1.82) is 0 Å². The molecular formula is C10H9BrN2S2. The van der Waals surface area contributed by atoms with Crippen LogP contribution < -0.4 is 5.32 Å². The van der Waals surface area contributed by atoms with E-state index >= 15 is 0 Å². The Morgan fingerprint density at radius 1 is 1.33 bits per heavy atom. The number of halogens is 1. The first-order chi connectivity index (χ1) is 7.33. The number of aromatic nitrogens is 1. The summed E-state index contributed by atoms with van der Waals surface area (Å²) in [4.78, 5) is 5.93. The molecule has 3 heterocycles. The quantitative estimate of drug-likeness (QED) is 0.920. The van der Waals surface area contributed by atoms with Crippen LogP contribution in [-0.4, -0.2) is 18.1 Å². The van der Waals surface area contributed by atoms with Crippen LogP contribution in [0.5, 0.6) is 0 Å². The third kappa shape index (κ3) is 1.89. The number of hydrogen-bond donors (Lipinski definition) is 1. The minimum Gasteiger partial charge on any atom is -0.315 e. The van der Waals surface area contributed by atoms with Gasteiger partial charge in [-0.1, -0.05) is 0 Å². The molecule has 0 aromatic carbocycles. The molecule has 0 spiro atoms. The Balaban J connectivity index is 1.89. The smallest absolute Gasteiger partial charge is 0.0989 e. The Labute approximate surface area is 104 Å². The number of thiazole rings is 1. The van der Waals surface area contributed by atoms with E-state index in [4.69, 9.17) is 0 Å². The highest BCUT2D eigenvalue weighted by Crippen LogP contribution is 2.33. The van der Waals surface area contributed by atoms with Crippen molar-refractivity contribution in [3.05, 3.63) is 26.3 Å². The lowest BCUT2D eigenvalue weighted by molar-refractivity contribution is 0.447. The van der Waals surface area contributed by atoms with Gasteiger partial charge in [-0.05, 0) is 22.0 Å². The molecule has 0 radical (unpaired) electrons. The first kappa shape index (κ1) is 9.96. The minimum atomic E-state index is 0.646. The molecule has 3 rings (SSSR count). The van der Waals surface area contributed by atoms with Crippen molar-refractivity contribution in [2.45, 2.75) is 5.92 Å². The van der Waals surface area contributed by atoms with Gasteiger partial charge in [0.15, 0.2) is 0 Å². The number of hydrogen-bond acceptors (Lipinski definition) is 4. The van der Waals surface area contributed by atoms with Crippen LogP contribution >= 0.6 is 38.6 Å². The van der Waals surface area contributed by atoms with Crippen molar-refractivity contribution < 1.29 is 0 Å². The topological polar surface area (TPSA) is 24.9 Å². The van der Waals surface area contributed by atoms with Crippen LogP contribution in [-0.2, 0) is 0 Å². The standard InChI is InChI=1S/C10H9BrN2S2/c11-7-1-9(14-4-7)8-5-15-10(13-8)6-2-12-3-6/h1,4-6,12H,2-3H2. The van der Waals surface area contributed by atoms with E-state index in [0.717, 1.165) is 23.3 Å². The second-order valence-corrected chi connectivity index (χ2v) is 6.27. The molecular weight excluding hydrogens is 292 g/mol. The number of thiophene rings is 1. The largest absolute Gasteiger partial charge is 0.315 e. The maximum Gasteiger partial charge on any atom is 0.0989 e. The van der Waals surface area contributed by atoms with Crippen LogP contribution in [0.1, 0.15) is 10.9 Å². The maximum absolute atomic E-state index is 4.68. The Morgan fingerprint density at radius 2 is 2.20 bits per heavy atom. The van der Waals surface area contributed by atoms with E-state index in [2.05, 4.69) is 43.1 Å². The number of nitrogens with one attached hydrogen (secondary N) is 1. The summed E-state index contributed by atoms with van der Waals surface area (Å²) in [6, 6.07) is 2.13. The highest BCUT2D eigenvalue weighted by molar-refractivity contribution is 9.10. The summed E-state index contributed by atoms with van der Waals surface area (Å²) in [6.45, 7) is 2.17. The summed E-state index contributed by atoms with van der Waals surface area (Å²) < 4.78 is 1.14. The Bertz CT molecular complexity index is 473. The van der Waals surface area contributed by atoms with Crippen molar-refractivity contribution >= 4 is 38.6 Å². The fourth-order valence-electron chi connectivity index (χ4n) is 1.50. The molecule has 15 heavy (non-hydrogen) atoms. The van der Waals surface area contributed by atoms with Gasteiger partial charge in [0.25, 0.3) is 0 Å². The fraction of sp³-hybridized carbons (Fsp3) is 0.300. The third-order valence-corrected chi connectivity index (χ3v) is 5.19. The zero-order valence-corrected chi connectivity index (χ0v) is 11.1. The molecule has 1 saturated heterocycles. The van der Waals surface area contributed by atoms with Gasteiger partial charge in [0.05, 0.1) is 15.6 Å². The molecule has 0 saturated carbocycles. The van der Waals surface area contributed by atoms with E-state index in [1.54, 1.807) is 22.7 Å². The molecule has 1 fully saturated rings. The summed E-state index contributed by atoms with van der Waals surface area (Å²) in [5.74, 6) is 0.646. The molecule has 0 unspecified atom stereocenters. The van der Waals surface area contributed by atoms with Gasteiger partial charge < -0.3 is 5.32 Å². The molecule has 1 aliphatic rings. The molecule has 0 bridgehead atoms. The van der Waals surface area contributed by atoms with E-state index in [-0.39, 0.29) is 0 Å². The molecule has 2 aromatic heterocycles. The zero-order valence-electron chi connectivity index (χ0n) is 7.87. The summed E-state index contributed by atoms with van der Waals surface area (Å²) in [5.41, 5.74) is 1.12. The van der Waals surface area contributed by atoms with E-state index < -0.39 is 0 Å². The minimum absolute atomic E-state index is 0.646. The third-order valence-electron chi connectivity index (χ3n) is 2.47. The average molecular weight is 301 g/mol.